The van der Waals surface area contributed by atoms with Crippen molar-refractivity contribution >= 4 is 12.0 Å². The van der Waals surface area contributed by atoms with Crippen LogP contribution in [0.15, 0.2) is 0 Å². The van der Waals surface area contributed by atoms with Crippen LogP contribution in [-0.2, 0) is 4.79 Å². The summed E-state index contributed by atoms with van der Waals surface area (Å²) in [5.41, 5.74) is 0. The van der Waals surface area contributed by atoms with Gasteiger partial charge in [0.2, 0.25) is 0 Å². The second-order valence-electron chi connectivity index (χ2n) is 5.38. The van der Waals surface area contributed by atoms with Gasteiger partial charge in [0.25, 0.3) is 0 Å². The van der Waals surface area contributed by atoms with Crippen molar-refractivity contribution in [3.63, 3.8) is 0 Å². The molecule has 5 nitrogen and oxygen atoms in total. The highest BCUT2D eigenvalue weighted by molar-refractivity contribution is 5.73. The number of nitrogens with one attached hydrogen (secondary N) is 1. The predicted molar refractivity (Wildman–Crippen MR) is 76.1 cm³/mol. The van der Waals surface area contributed by atoms with Gasteiger partial charge >= 0.3 is 12.0 Å². The number of rotatable bonds is 9. The Morgan fingerprint density at radius 3 is 2.37 bits per heavy atom. The molecule has 0 bridgehead atoms. The van der Waals surface area contributed by atoms with E-state index in [4.69, 9.17) is 5.11 Å². The molecule has 2 N–H and O–H groups in total. The Bertz CT molecular complexity index is 280. The smallest absolute Gasteiger partial charge is 0.317 e. The van der Waals surface area contributed by atoms with E-state index in [-0.39, 0.29) is 12.5 Å². The van der Waals surface area contributed by atoms with Crippen molar-refractivity contribution in [2.45, 2.75) is 46.5 Å². The number of nitrogens with zero attached hydrogens (tertiary/aromatic N) is 1. The van der Waals surface area contributed by atoms with Gasteiger partial charge in [-0.25, -0.2) is 4.79 Å². The fourth-order valence-electron chi connectivity index (χ4n) is 2.06. The molecule has 0 spiro atoms. The molecule has 0 fully saturated rings. The molecule has 112 valence electrons. The molecule has 0 aliphatic carbocycles. The Balaban J connectivity index is 3.98. The van der Waals surface area contributed by atoms with Gasteiger partial charge in [-0.1, -0.05) is 20.8 Å². The summed E-state index contributed by atoms with van der Waals surface area (Å²) in [7, 11) is 1.78. The van der Waals surface area contributed by atoms with E-state index in [1.165, 1.54) is 0 Å². The molecule has 0 aromatic heterocycles. The van der Waals surface area contributed by atoms with E-state index in [1.54, 1.807) is 11.9 Å². The highest BCUT2D eigenvalue weighted by Crippen LogP contribution is 2.20. The number of amides is 2. The minimum atomic E-state index is -0.752. The Hall–Kier alpha value is -1.26. The van der Waals surface area contributed by atoms with E-state index in [0.717, 1.165) is 19.4 Å². The van der Waals surface area contributed by atoms with Gasteiger partial charge < -0.3 is 15.3 Å². The van der Waals surface area contributed by atoms with E-state index in [9.17, 15) is 9.59 Å². The number of carboxylic acids is 1. The summed E-state index contributed by atoms with van der Waals surface area (Å²) in [6, 6.07) is -0.0532. The van der Waals surface area contributed by atoms with Gasteiger partial charge in [-0.3, -0.25) is 4.79 Å². The van der Waals surface area contributed by atoms with Gasteiger partial charge in [-0.2, -0.15) is 0 Å². The standard InChI is InChI=1S/C14H28N2O3/c1-5-10-16(4)14(19)15-9-8-12(11(2)3)6-7-13(17)18/h11-12H,5-10H2,1-4H3,(H,15,19)(H,17,18). The van der Waals surface area contributed by atoms with Crippen molar-refractivity contribution in [3.8, 4) is 0 Å². The van der Waals surface area contributed by atoms with Crippen molar-refractivity contribution in [1.29, 1.82) is 0 Å². The van der Waals surface area contributed by atoms with Crippen LogP contribution in [0.3, 0.4) is 0 Å². The van der Waals surface area contributed by atoms with E-state index in [2.05, 4.69) is 19.2 Å². The van der Waals surface area contributed by atoms with Crippen LogP contribution in [-0.4, -0.2) is 42.1 Å². The molecular formula is C14H28N2O3. The Morgan fingerprint density at radius 2 is 1.89 bits per heavy atom. The van der Waals surface area contributed by atoms with Crippen molar-refractivity contribution in [2.24, 2.45) is 11.8 Å². The molecule has 0 heterocycles. The van der Waals surface area contributed by atoms with Gasteiger partial charge in [0.15, 0.2) is 0 Å². The molecule has 0 aromatic rings. The third kappa shape index (κ3) is 8.46. The quantitative estimate of drug-likeness (QED) is 0.677. The Morgan fingerprint density at radius 1 is 1.26 bits per heavy atom. The molecule has 0 radical (unpaired) electrons. The van der Waals surface area contributed by atoms with Crippen LogP contribution < -0.4 is 5.32 Å². The molecule has 0 rings (SSSR count). The largest absolute Gasteiger partial charge is 0.481 e. The maximum atomic E-state index is 11.7. The molecule has 0 saturated carbocycles. The number of urea groups is 1. The van der Waals surface area contributed by atoms with Gasteiger partial charge in [0.1, 0.15) is 0 Å². The van der Waals surface area contributed by atoms with Gasteiger partial charge in [-0.15, -0.1) is 0 Å². The molecule has 1 atom stereocenters. The molecule has 1 unspecified atom stereocenters. The van der Waals surface area contributed by atoms with E-state index >= 15 is 0 Å². The first kappa shape index (κ1) is 17.7. The highest BCUT2D eigenvalue weighted by atomic mass is 16.4. The van der Waals surface area contributed by atoms with E-state index in [0.29, 0.717) is 24.8 Å². The number of carbonyl (C=O) groups is 2. The summed E-state index contributed by atoms with van der Waals surface area (Å²) in [6.45, 7) is 7.58. The minimum Gasteiger partial charge on any atom is -0.481 e. The lowest BCUT2D eigenvalue weighted by atomic mass is 9.88. The van der Waals surface area contributed by atoms with Crippen LogP contribution in [0.2, 0.25) is 0 Å². The molecular weight excluding hydrogens is 244 g/mol. The third-order valence-corrected chi connectivity index (χ3v) is 3.37. The Labute approximate surface area is 116 Å². The molecule has 0 aromatic carbocycles. The van der Waals surface area contributed by atoms with Crippen LogP contribution in [0.25, 0.3) is 0 Å². The number of hydrogen-bond donors (Lipinski definition) is 2. The fourth-order valence-corrected chi connectivity index (χ4v) is 2.06. The normalized spacial score (nSPS) is 12.3. The average Bonchev–Trinajstić information content (AvgIpc) is 2.32. The lowest BCUT2D eigenvalue weighted by molar-refractivity contribution is -0.137. The maximum Gasteiger partial charge on any atom is 0.317 e. The SMILES string of the molecule is CCCN(C)C(=O)NCCC(CCC(=O)O)C(C)C. The van der Waals surface area contributed by atoms with E-state index < -0.39 is 5.97 Å². The molecule has 2 amide bonds. The highest BCUT2D eigenvalue weighted by Gasteiger charge is 2.15. The van der Waals surface area contributed by atoms with Gasteiger partial charge in [0.05, 0.1) is 0 Å². The molecule has 0 aliphatic heterocycles. The molecule has 5 heteroatoms. The molecule has 19 heavy (non-hydrogen) atoms. The summed E-state index contributed by atoms with van der Waals surface area (Å²) in [4.78, 5) is 23.9. The van der Waals surface area contributed by atoms with Gasteiger partial charge in [-0.05, 0) is 31.1 Å². The van der Waals surface area contributed by atoms with E-state index in [1.807, 2.05) is 6.92 Å². The first-order chi connectivity index (χ1) is 8.88. The topological polar surface area (TPSA) is 69.6 Å². The van der Waals surface area contributed by atoms with Crippen LogP contribution in [0.5, 0.6) is 0 Å². The van der Waals surface area contributed by atoms with Crippen molar-refractivity contribution < 1.29 is 14.7 Å². The summed E-state index contributed by atoms with van der Waals surface area (Å²) in [5.74, 6) is 0.0230. The predicted octanol–water partition coefficient (Wildman–Crippen LogP) is 2.56. The van der Waals surface area contributed by atoms with Crippen molar-refractivity contribution in [3.05, 3.63) is 0 Å². The number of carboxylic acid groups (broad SMARTS) is 1. The lowest BCUT2D eigenvalue weighted by Gasteiger charge is -2.22. The second-order valence-corrected chi connectivity index (χ2v) is 5.38. The van der Waals surface area contributed by atoms with Crippen molar-refractivity contribution in [1.82, 2.24) is 10.2 Å². The zero-order valence-corrected chi connectivity index (χ0v) is 12.6. The first-order valence-corrected chi connectivity index (χ1v) is 7.09. The monoisotopic (exact) mass is 272 g/mol. The maximum absolute atomic E-state index is 11.7. The summed E-state index contributed by atoms with van der Waals surface area (Å²) in [5, 5.41) is 11.6. The summed E-state index contributed by atoms with van der Waals surface area (Å²) < 4.78 is 0. The fraction of sp³-hybridized carbons (Fsp3) is 0.857. The van der Waals surface area contributed by atoms with Gasteiger partial charge in [0, 0.05) is 26.6 Å². The average molecular weight is 272 g/mol. The zero-order valence-electron chi connectivity index (χ0n) is 12.6. The lowest BCUT2D eigenvalue weighted by Crippen LogP contribution is -2.38. The summed E-state index contributed by atoms with van der Waals surface area (Å²) in [6.07, 6.45) is 2.65. The third-order valence-electron chi connectivity index (χ3n) is 3.37. The summed E-state index contributed by atoms with van der Waals surface area (Å²) >= 11 is 0. The number of carbonyl (C=O) groups excluding carboxylic acids is 1. The second kappa shape index (κ2) is 9.64. The first-order valence-electron chi connectivity index (χ1n) is 7.09. The van der Waals surface area contributed by atoms with Crippen LogP contribution in [0.1, 0.15) is 46.5 Å². The van der Waals surface area contributed by atoms with Crippen molar-refractivity contribution in [2.75, 3.05) is 20.1 Å². The molecule has 0 saturated heterocycles. The number of hydrogen-bond acceptors (Lipinski definition) is 2. The number of aliphatic carboxylic acids is 1. The minimum absolute atomic E-state index is 0.0532. The Kier molecular flexibility index (Phi) is 9.00. The van der Waals surface area contributed by atoms with Crippen LogP contribution >= 0.6 is 0 Å². The zero-order chi connectivity index (χ0) is 14.8. The van der Waals surface area contributed by atoms with Crippen LogP contribution in [0, 0.1) is 11.8 Å². The van der Waals surface area contributed by atoms with Crippen LogP contribution in [0.4, 0.5) is 4.79 Å². The molecule has 0 aliphatic rings.